The zero-order chi connectivity index (χ0) is 21.6. The van der Waals surface area contributed by atoms with Gasteiger partial charge in [0.05, 0.1) is 0 Å². The second kappa shape index (κ2) is 9.84. The molecule has 3 aromatic carbocycles. The number of ether oxygens (including phenoxy) is 2. The topological polar surface area (TPSA) is 50.8 Å². The summed E-state index contributed by atoms with van der Waals surface area (Å²) in [5.74, 6) is 1.38. The summed E-state index contributed by atoms with van der Waals surface area (Å²) in [5.41, 5.74) is 0.737. The Morgan fingerprint density at radius 3 is 2.39 bits per heavy atom. The zero-order valence-electron chi connectivity index (χ0n) is 18.2. The van der Waals surface area contributed by atoms with Crippen LogP contribution in [-0.4, -0.2) is 43.2 Å². The molecule has 1 atom stereocenters. The molecule has 0 spiro atoms. The number of piperidine rings is 1. The molecular formula is C26H30N2O3. The molecule has 0 saturated carbocycles. The Morgan fingerprint density at radius 1 is 1.00 bits per heavy atom. The maximum atomic E-state index is 12.8. The van der Waals surface area contributed by atoms with Gasteiger partial charge in [0.25, 0.3) is 5.91 Å². The van der Waals surface area contributed by atoms with Gasteiger partial charge in [-0.15, -0.1) is 0 Å². The molecule has 5 heteroatoms. The van der Waals surface area contributed by atoms with Gasteiger partial charge in [-0.2, -0.15) is 0 Å². The van der Waals surface area contributed by atoms with Crippen molar-refractivity contribution < 1.29 is 14.3 Å². The van der Waals surface area contributed by atoms with Crippen molar-refractivity contribution in [3.8, 4) is 11.5 Å². The average Bonchev–Trinajstić information content (AvgIpc) is 2.80. The third kappa shape index (κ3) is 5.56. The summed E-state index contributed by atoms with van der Waals surface area (Å²) in [7, 11) is 2.14. The molecule has 31 heavy (non-hydrogen) atoms. The molecule has 1 aliphatic rings. The molecule has 162 valence electrons. The Balaban J connectivity index is 1.34. The van der Waals surface area contributed by atoms with Gasteiger partial charge >= 0.3 is 0 Å². The van der Waals surface area contributed by atoms with Crippen LogP contribution in [0.2, 0.25) is 0 Å². The SMILES string of the molecule is CC[C@@H](Oc1ccc2ccccc2c1)C(=O)Nc1ccc(OC2CCN(C)CC2)cc1. The van der Waals surface area contributed by atoms with Gasteiger partial charge in [-0.1, -0.05) is 37.3 Å². The van der Waals surface area contributed by atoms with Gasteiger partial charge in [0.15, 0.2) is 6.10 Å². The van der Waals surface area contributed by atoms with E-state index in [1.165, 1.54) is 0 Å². The van der Waals surface area contributed by atoms with E-state index in [2.05, 4.69) is 23.3 Å². The molecule has 0 bridgehead atoms. The average molecular weight is 419 g/mol. The van der Waals surface area contributed by atoms with E-state index in [1.807, 2.05) is 67.6 Å². The lowest BCUT2D eigenvalue weighted by molar-refractivity contribution is -0.122. The summed E-state index contributed by atoms with van der Waals surface area (Å²) in [6, 6.07) is 21.6. The molecule has 0 unspecified atom stereocenters. The summed E-state index contributed by atoms with van der Waals surface area (Å²) >= 11 is 0. The monoisotopic (exact) mass is 418 g/mol. The van der Waals surface area contributed by atoms with Gasteiger partial charge in [-0.05, 0) is 73.5 Å². The largest absolute Gasteiger partial charge is 0.490 e. The van der Waals surface area contributed by atoms with Crippen LogP contribution in [-0.2, 0) is 4.79 Å². The number of nitrogens with one attached hydrogen (secondary N) is 1. The molecule has 4 rings (SSSR count). The van der Waals surface area contributed by atoms with Crippen molar-refractivity contribution in [1.82, 2.24) is 4.90 Å². The number of hydrogen-bond acceptors (Lipinski definition) is 4. The van der Waals surface area contributed by atoms with Crippen LogP contribution in [0.25, 0.3) is 10.8 Å². The third-order valence-corrected chi connectivity index (χ3v) is 5.75. The Bertz CT molecular complexity index is 1010. The van der Waals surface area contributed by atoms with E-state index in [-0.39, 0.29) is 12.0 Å². The van der Waals surface area contributed by atoms with Gasteiger partial charge in [-0.25, -0.2) is 0 Å². The van der Waals surface area contributed by atoms with Crippen LogP contribution in [0.15, 0.2) is 66.7 Å². The minimum Gasteiger partial charge on any atom is -0.490 e. The van der Waals surface area contributed by atoms with Crippen LogP contribution in [0.3, 0.4) is 0 Å². The first kappa shape index (κ1) is 21.2. The normalized spacial score (nSPS) is 16.1. The highest BCUT2D eigenvalue weighted by Crippen LogP contribution is 2.23. The van der Waals surface area contributed by atoms with Crippen molar-refractivity contribution in [2.75, 3.05) is 25.5 Å². The Labute approximate surface area is 184 Å². The third-order valence-electron chi connectivity index (χ3n) is 5.75. The van der Waals surface area contributed by atoms with Crippen LogP contribution >= 0.6 is 0 Å². The molecule has 1 aliphatic heterocycles. The smallest absolute Gasteiger partial charge is 0.265 e. The molecule has 1 N–H and O–H groups in total. The second-order valence-corrected chi connectivity index (χ2v) is 8.16. The van der Waals surface area contributed by atoms with Crippen molar-refractivity contribution in [1.29, 1.82) is 0 Å². The fraction of sp³-hybridized carbons (Fsp3) is 0.346. The molecule has 0 aliphatic carbocycles. The summed E-state index contributed by atoms with van der Waals surface area (Å²) in [5, 5.41) is 5.20. The zero-order valence-corrected chi connectivity index (χ0v) is 18.2. The molecule has 0 aromatic heterocycles. The first-order valence-corrected chi connectivity index (χ1v) is 11.0. The molecule has 3 aromatic rings. The highest BCUT2D eigenvalue weighted by atomic mass is 16.5. The Morgan fingerprint density at radius 2 is 1.68 bits per heavy atom. The number of carbonyl (C=O) groups is 1. The maximum Gasteiger partial charge on any atom is 0.265 e. The van der Waals surface area contributed by atoms with Gasteiger partial charge in [0.2, 0.25) is 0 Å². The lowest BCUT2D eigenvalue weighted by Gasteiger charge is -2.29. The molecular weight excluding hydrogens is 388 g/mol. The molecule has 1 fully saturated rings. The van der Waals surface area contributed by atoms with Crippen LogP contribution < -0.4 is 14.8 Å². The number of likely N-dealkylation sites (tertiary alicyclic amines) is 1. The van der Waals surface area contributed by atoms with E-state index in [9.17, 15) is 4.79 Å². The summed E-state index contributed by atoms with van der Waals surface area (Å²) < 4.78 is 12.1. The number of benzene rings is 3. The van der Waals surface area contributed by atoms with Crippen LogP contribution in [0.1, 0.15) is 26.2 Å². The predicted octanol–water partition coefficient (Wildman–Crippen LogP) is 5.11. The number of nitrogens with zero attached hydrogens (tertiary/aromatic N) is 1. The lowest BCUT2D eigenvalue weighted by Crippen LogP contribution is -2.35. The van der Waals surface area contributed by atoms with E-state index >= 15 is 0 Å². The van der Waals surface area contributed by atoms with Gasteiger partial charge in [0, 0.05) is 18.8 Å². The Kier molecular flexibility index (Phi) is 6.73. The number of anilines is 1. The molecule has 1 heterocycles. The van der Waals surface area contributed by atoms with Crippen molar-refractivity contribution in [3.63, 3.8) is 0 Å². The molecule has 1 saturated heterocycles. The second-order valence-electron chi connectivity index (χ2n) is 8.16. The maximum absolute atomic E-state index is 12.8. The van der Waals surface area contributed by atoms with Gasteiger partial charge < -0.3 is 19.7 Å². The van der Waals surface area contributed by atoms with E-state index in [4.69, 9.17) is 9.47 Å². The standard InChI is InChI=1S/C26H30N2O3/c1-3-25(31-24-11-8-19-6-4-5-7-20(19)18-24)26(29)27-21-9-12-22(13-10-21)30-23-14-16-28(2)17-15-23/h4-13,18,23,25H,3,14-17H2,1-2H3,(H,27,29)/t25-/m1/s1. The minimum absolute atomic E-state index is 0.153. The van der Waals surface area contributed by atoms with E-state index in [0.717, 1.165) is 48.1 Å². The van der Waals surface area contributed by atoms with Crippen LogP contribution in [0, 0.1) is 0 Å². The summed E-state index contributed by atoms with van der Waals surface area (Å²) in [6.45, 7) is 4.08. The fourth-order valence-corrected chi connectivity index (χ4v) is 3.86. The van der Waals surface area contributed by atoms with Crippen LogP contribution in [0.4, 0.5) is 5.69 Å². The highest BCUT2D eigenvalue weighted by Gasteiger charge is 2.20. The van der Waals surface area contributed by atoms with E-state index in [0.29, 0.717) is 12.2 Å². The highest BCUT2D eigenvalue weighted by molar-refractivity contribution is 5.94. The van der Waals surface area contributed by atoms with Crippen molar-refractivity contribution in [2.45, 2.75) is 38.4 Å². The number of carbonyl (C=O) groups excluding carboxylic acids is 1. The summed E-state index contributed by atoms with van der Waals surface area (Å²) in [6.07, 6.45) is 2.36. The first-order valence-electron chi connectivity index (χ1n) is 11.0. The lowest BCUT2D eigenvalue weighted by atomic mass is 10.1. The number of fused-ring (bicyclic) bond motifs is 1. The minimum atomic E-state index is -0.559. The number of rotatable bonds is 7. The van der Waals surface area contributed by atoms with Crippen LogP contribution in [0.5, 0.6) is 11.5 Å². The van der Waals surface area contributed by atoms with Gasteiger partial charge in [-0.3, -0.25) is 4.79 Å². The van der Waals surface area contributed by atoms with Crippen molar-refractivity contribution in [3.05, 3.63) is 66.7 Å². The molecule has 5 nitrogen and oxygen atoms in total. The number of hydrogen-bond donors (Lipinski definition) is 1. The fourth-order valence-electron chi connectivity index (χ4n) is 3.86. The van der Waals surface area contributed by atoms with Crippen molar-refractivity contribution >= 4 is 22.4 Å². The molecule has 0 radical (unpaired) electrons. The Hall–Kier alpha value is -3.05. The predicted molar refractivity (Wildman–Crippen MR) is 125 cm³/mol. The molecule has 1 amide bonds. The first-order chi connectivity index (χ1) is 15.1. The van der Waals surface area contributed by atoms with E-state index < -0.39 is 6.10 Å². The van der Waals surface area contributed by atoms with Crippen molar-refractivity contribution in [2.24, 2.45) is 0 Å². The van der Waals surface area contributed by atoms with Gasteiger partial charge in [0.1, 0.15) is 17.6 Å². The van der Waals surface area contributed by atoms with E-state index in [1.54, 1.807) is 0 Å². The number of amides is 1. The quantitative estimate of drug-likeness (QED) is 0.579. The summed E-state index contributed by atoms with van der Waals surface area (Å²) in [4.78, 5) is 15.1.